The Morgan fingerprint density at radius 3 is 2.59 bits per heavy atom. The molecule has 0 saturated carbocycles. The molecule has 1 aromatic heterocycles. The van der Waals surface area contributed by atoms with Gasteiger partial charge >= 0.3 is 12.2 Å². The van der Waals surface area contributed by atoms with Gasteiger partial charge in [0.25, 0.3) is 5.91 Å². The molecule has 1 heterocycles. The van der Waals surface area contributed by atoms with Gasteiger partial charge in [-0.3, -0.25) is 15.4 Å². The third-order valence-electron chi connectivity index (χ3n) is 3.67. The number of alkyl halides is 3. The van der Waals surface area contributed by atoms with E-state index >= 15 is 0 Å². The predicted molar refractivity (Wildman–Crippen MR) is 102 cm³/mol. The maximum absolute atomic E-state index is 13.0. The number of hydrogen-bond donors (Lipinski definition) is 3. The molecule has 12 heteroatoms. The van der Waals surface area contributed by atoms with E-state index in [1.807, 2.05) is 5.32 Å². The molecule has 7 nitrogen and oxygen atoms in total. The molecule has 0 aliphatic heterocycles. The van der Waals surface area contributed by atoms with Gasteiger partial charge in [-0.2, -0.15) is 13.2 Å². The first-order chi connectivity index (χ1) is 13.6. The number of carbonyl (C=O) groups excluding carboxylic acids is 2. The van der Waals surface area contributed by atoms with Crippen LogP contribution in [0.3, 0.4) is 0 Å². The third-order valence-corrected chi connectivity index (χ3v) is 5.18. The number of benzene rings is 2. The van der Waals surface area contributed by atoms with Gasteiger partial charge in [0.1, 0.15) is 0 Å². The fourth-order valence-corrected chi connectivity index (χ4v) is 3.87. The van der Waals surface area contributed by atoms with Gasteiger partial charge in [0.05, 0.1) is 27.1 Å². The number of aromatic nitrogens is 1. The van der Waals surface area contributed by atoms with Gasteiger partial charge < -0.3 is 4.55 Å². The second-order valence-corrected chi connectivity index (χ2v) is 7.70. The lowest BCUT2D eigenvalue weighted by atomic mass is 10.1. The van der Waals surface area contributed by atoms with Crippen molar-refractivity contribution in [3.8, 4) is 0 Å². The van der Waals surface area contributed by atoms with Crippen LogP contribution in [0.1, 0.15) is 21.5 Å². The summed E-state index contributed by atoms with van der Waals surface area (Å²) in [5.41, 5.74) is -0.733. The van der Waals surface area contributed by atoms with E-state index in [0.717, 1.165) is 29.5 Å². The first-order valence-electron chi connectivity index (χ1n) is 7.89. The topological polar surface area (TPSA) is 108 Å². The smallest absolute Gasteiger partial charge is 0.306 e. The Hall–Kier alpha value is -2.83. The number of hydrogen-bond acceptors (Lipinski definition) is 5. The van der Waals surface area contributed by atoms with Crippen LogP contribution < -0.4 is 10.6 Å². The first kappa shape index (κ1) is 20.9. The third kappa shape index (κ3) is 5.16. The highest BCUT2D eigenvalue weighted by Gasteiger charge is 2.35. The van der Waals surface area contributed by atoms with Crippen LogP contribution in [0, 0.1) is 0 Å². The molecule has 29 heavy (non-hydrogen) atoms. The number of rotatable bonds is 4. The van der Waals surface area contributed by atoms with E-state index in [4.69, 9.17) is 4.55 Å². The molecule has 0 aliphatic carbocycles. The molecule has 1 atom stereocenters. The minimum absolute atomic E-state index is 0.0653. The molecule has 0 radical (unpaired) electrons. The Bertz CT molecular complexity index is 1110. The van der Waals surface area contributed by atoms with E-state index < -0.39 is 40.3 Å². The van der Waals surface area contributed by atoms with Gasteiger partial charge in [-0.15, -0.1) is 0 Å². The zero-order valence-electron chi connectivity index (χ0n) is 14.3. The molecular formula is C17H12F3N3O4S2. The first-order valence-corrected chi connectivity index (χ1v) is 9.98. The molecule has 0 saturated heterocycles. The predicted octanol–water partition coefficient (Wildman–Crippen LogP) is 4.00. The summed E-state index contributed by atoms with van der Waals surface area (Å²) in [5.74, 6) is -1.27. The highest BCUT2D eigenvalue weighted by molar-refractivity contribution is 7.78. The maximum Gasteiger partial charge on any atom is 0.417 e. The van der Waals surface area contributed by atoms with Crippen molar-refractivity contribution >= 4 is 49.7 Å². The molecule has 0 spiro atoms. The number of imide groups is 1. The fraction of sp³-hybridized carbons (Fsp3) is 0.118. The van der Waals surface area contributed by atoms with E-state index in [1.54, 1.807) is 18.2 Å². The van der Waals surface area contributed by atoms with E-state index in [9.17, 15) is 27.0 Å². The number of fused-ring (bicyclic) bond motifs is 1. The Kier molecular flexibility index (Phi) is 5.96. The van der Waals surface area contributed by atoms with Crippen molar-refractivity contribution in [2.24, 2.45) is 0 Å². The number of nitrogens with one attached hydrogen (secondary N) is 2. The maximum atomic E-state index is 13.0. The Morgan fingerprint density at radius 1 is 1.17 bits per heavy atom. The van der Waals surface area contributed by atoms with Crippen LogP contribution in [0.5, 0.6) is 0 Å². The van der Waals surface area contributed by atoms with Crippen LogP contribution >= 0.6 is 11.3 Å². The van der Waals surface area contributed by atoms with Gasteiger partial charge in [-0.25, -0.2) is 14.0 Å². The summed E-state index contributed by atoms with van der Waals surface area (Å²) in [4.78, 5) is 28.2. The SMILES string of the molecule is O=C(NC(=O)c1ccccc1C(F)(F)F)Nc1nc2ccc(CS(=O)O)cc2s1. The largest absolute Gasteiger partial charge is 0.417 e. The molecule has 0 bridgehead atoms. The fourth-order valence-electron chi connectivity index (χ4n) is 2.48. The lowest BCUT2D eigenvalue weighted by Crippen LogP contribution is -2.35. The minimum Gasteiger partial charge on any atom is -0.306 e. The van der Waals surface area contributed by atoms with Crippen molar-refractivity contribution in [3.63, 3.8) is 0 Å². The molecule has 3 N–H and O–H groups in total. The number of urea groups is 1. The summed E-state index contributed by atoms with van der Waals surface area (Å²) in [5, 5.41) is 4.25. The summed E-state index contributed by atoms with van der Waals surface area (Å²) in [7, 11) is 0. The standard InChI is InChI=1S/C17H12F3N3O4S2/c18-17(19,20)11-4-2-1-3-10(11)14(24)22-15(25)23-16-21-12-6-5-9(8-29(26)27)7-13(12)28-16/h1-7H,8H2,(H,26,27)(H2,21,22,23,24,25). The van der Waals surface area contributed by atoms with Gasteiger partial charge in [-0.1, -0.05) is 29.5 Å². The van der Waals surface area contributed by atoms with Crippen molar-refractivity contribution in [2.45, 2.75) is 11.9 Å². The van der Waals surface area contributed by atoms with Crippen LogP contribution in [-0.2, 0) is 23.0 Å². The normalized spacial score (nSPS) is 12.6. The van der Waals surface area contributed by atoms with Gasteiger partial charge in [0.15, 0.2) is 16.2 Å². The molecule has 3 amide bonds. The lowest BCUT2D eigenvalue weighted by Gasteiger charge is -2.12. The summed E-state index contributed by atoms with van der Waals surface area (Å²) in [6, 6.07) is 7.91. The number of thiazole rings is 1. The van der Waals surface area contributed by atoms with Crippen molar-refractivity contribution in [3.05, 3.63) is 59.2 Å². The van der Waals surface area contributed by atoms with Gasteiger partial charge in [0.2, 0.25) is 0 Å². The van der Waals surface area contributed by atoms with E-state index in [0.29, 0.717) is 15.8 Å². The molecule has 152 valence electrons. The van der Waals surface area contributed by atoms with E-state index in [-0.39, 0.29) is 10.9 Å². The number of amides is 3. The van der Waals surface area contributed by atoms with Crippen molar-refractivity contribution in [1.82, 2.24) is 10.3 Å². The zero-order chi connectivity index (χ0) is 21.2. The van der Waals surface area contributed by atoms with Gasteiger partial charge in [0, 0.05) is 0 Å². The second kappa shape index (κ2) is 8.27. The van der Waals surface area contributed by atoms with Crippen LogP contribution in [-0.4, -0.2) is 25.7 Å². The summed E-state index contributed by atoms with van der Waals surface area (Å²) in [6.45, 7) is 0. The molecule has 3 rings (SSSR count). The molecule has 2 aromatic carbocycles. The molecule has 0 aliphatic rings. The van der Waals surface area contributed by atoms with Crippen molar-refractivity contribution < 1.29 is 31.5 Å². The number of anilines is 1. The zero-order valence-corrected chi connectivity index (χ0v) is 16.0. The molecule has 3 aromatic rings. The second-order valence-electron chi connectivity index (χ2n) is 5.74. The molecule has 0 fully saturated rings. The summed E-state index contributed by atoms with van der Waals surface area (Å²) in [6.07, 6.45) is -4.74. The minimum atomic E-state index is -4.74. The summed E-state index contributed by atoms with van der Waals surface area (Å²) < 4.78 is 59.5. The number of halogens is 3. The monoisotopic (exact) mass is 443 g/mol. The molecular weight excluding hydrogens is 431 g/mol. The summed E-state index contributed by atoms with van der Waals surface area (Å²) >= 11 is -0.966. The van der Waals surface area contributed by atoms with Crippen molar-refractivity contribution in [1.29, 1.82) is 0 Å². The highest BCUT2D eigenvalue weighted by atomic mass is 32.2. The van der Waals surface area contributed by atoms with Crippen LogP contribution in [0.2, 0.25) is 0 Å². The molecule has 1 unspecified atom stereocenters. The van der Waals surface area contributed by atoms with Crippen LogP contribution in [0.25, 0.3) is 10.2 Å². The quantitative estimate of drug-likeness (QED) is 0.528. The Labute approximate surface area is 168 Å². The Morgan fingerprint density at radius 2 is 1.90 bits per heavy atom. The Balaban J connectivity index is 1.73. The number of carbonyl (C=O) groups is 2. The average molecular weight is 443 g/mol. The van der Waals surface area contributed by atoms with Crippen LogP contribution in [0.4, 0.5) is 23.1 Å². The average Bonchev–Trinajstić information content (AvgIpc) is 3.01. The lowest BCUT2D eigenvalue weighted by molar-refractivity contribution is -0.137. The van der Waals surface area contributed by atoms with E-state index in [1.165, 1.54) is 6.07 Å². The van der Waals surface area contributed by atoms with Crippen LogP contribution in [0.15, 0.2) is 42.5 Å². The van der Waals surface area contributed by atoms with Crippen molar-refractivity contribution in [2.75, 3.05) is 5.32 Å². The van der Waals surface area contributed by atoms with E-state index in [2.05, 4.69) is 10.3 Å². The highest BCUT2D eigenvalue weighted by Crippen LogP contribution is 2.32. The number of nitrogens with zero attached hydrogens (tertiary/aromatic N) is 1. The van der Waals surface area contributed by atoms with Gasteiger partial charge in [-0.05, 0) is 29.8 Å².